The van der Waals surface area contributed by atoms with E-state index in [0.29, 0.717) is 22.9 Å². The smallest absolute Gasteiger partial charge is 0.262 e. The first-order chi connectivity index (χ1) is 14.6. The lowest BCUT2D eigenvalue weighted by atomic mass is 10.1. The van der Waals surface area contributed by atoms with Crippen LogP contribution in [-0.2, 0) is 11.4 Å². The normalized spacial score (nSPS) is 12.0. The first-order valence-electron chi connectivity index (χ1n) is 9.50. The fourth-order valence-corrected chi connectivity index (χ4v) is 3.00. The number of carbonyl (C=O) groups is 1. The third-order valence-corrected chi connectivity index (χ3v) is 4.79. The van der Waals surface area contributed by atoms with Crippen LogP contribution >= 0.6 is 11.6 Å². The van der Waals surface area contributed by atoms with Gasteiger partial charge in [-0.3, -0.25) is 4.79 Å². The lowest BCUT2D eigenvalue weighted by Gasteiger charge is -2.14. The van der Waals surface area contributed by atoms with Crippen molar-refractivity contribution in [3.63, 3.8) is 0 Å². The van der Waals surface area contributed by atoms with E-state index in [-0.39, 0.29) is 11.6 Å². The van der Waals surface area contributed by atoms with E-state index >= 15 is 0 Å². The van der Waals surface area contributed by atoms with Gasteiger partial charge in [0, 0.05) is 10.6 Å². The summed E-state index contributed by atoms with van der Waals surface area (Å²) in [5, 5.41) is 13.1. The summed E-state index contributed by atoms with van der Waals surface area (Å²) in [6.07, 6.45) is 1.55. The van der Waals surface area contributed by atoms with E-state index in [9.17, 15) is 10.1 Å². The standard InChI is InChI=1S/C25H21ClN2O2/c1-18(20-7-3-2-4-8-20)28-25(29)22(16-27)15-21-9-5-6-10-24(21)30-17-19-11-13-23(26)14-12-19/h2-15,18H,17H2,1H3,(H,28,29)/b22-15-/t18-/m0/s1. The second-order valence-corrected chi connectivity index (χ2v) is 7.17. The quantitative estimate of drug-likeness (QED) is 0.396. The molecule has 0 aliphatic heterocycles. The number of rotatable bonds is 7. The highest BCUT2D eigenvalue weighted by molar-refractivity contribution is 6.30. The first-order valence-corrected chi connectivity index (χ1v) is 9.88. The molecule has 3 aromatic rings. The highest BCUT2D eigenvalue weighted by Gasteiger charge is 2.14. The molecular formula is C25H21ClN2O2. The number of nitriles is 1. The zero-order valence-electron chi connectivity index (χ0n) is 16.5. The zero-order valence-corrected chi connectivity index (χ0v) is 17.3. The van der Waals surface area contributed by atoms with Crippen molar-refractivity contribution in [3.8, 4) is 11.8 Å². The van der Waals surface area contributed by atoms with E-state index in [1.54, 1.807) is 24.3 Å². The lowest BCUT2D eigenvalue weighted by Crippen LogP contribution is -2.27. The highest BCUT2D eigenvalue weighted by Crippen LogP contribution is 2.23. The maximum Gasteiger partial charge on any atom is 0.262 e. The van der Waals surface area contributed by atoms with Crippen LogP contribution in [0.15, 0.2) is 84.4 Å². The van der Waals surface area contributed by atoms with Gasteiger partial charge in [0.05, 0.1) is 6.04 Å². The van der Waals surface area contributed by atoms with Crippen molar-refractivity contribution < 1.29 is 9.53 Å². The second kappa shape index (κ2) is 10.3. The molecule has 4 nitrogen and oxygen atoms in total. The van der Waals surface area contributed by atoms with Gasteiger partial charge >= 0.3 is 0 Å². The Hall–Kier alpha value is -3.55. The summed E-state index contributed by atoms with van der Waals surface area (Å²) in [5.74, 6) is 0.158. The molecule has 0 fully saturated rings. The van der Waals surface area contributed by atoms with E-state index in [1.165, 1.54) is 0 Å². The van der Waals surface area contributed by atoms with Crippen LogP contribution in [0.2, 0.25) is 5.02 Å². The number of ether oxygens (including phenoxy) is 1. The Labute approximate surface area is 181 Å². The average Bonchev–Trinajstić information content (AvgIpc) is 2.78. The van der Waals surface area contributed by atoms with E-state index in [0.717, 1.165) is 11.1 Å². The summed E-state index contributed by atoms with van der Waals surface area (Å²) < 4.78 is 5.91. The minimum absolute atomic E-state index is 0.0142. The molecule has 150 valence electrons. The third-order valence-electron chi connectivity index (χ3n) is 4.54. The monoisotopic (exact) mass is 416 g/mol. The zero-order chi connectivity index (χ0) is 21.3. The summed E-state index contributed by atoms with van der Waals surface area (Å²) in [5.41, 5.74) is 2.61. The van der Waals surface area contributed by atoms with E-state index in [2.05, 4.69) is 5.32 Å². The number of nitrogens with zero attached hydrogens (tertiary/aromatic N) is 1. The predicted molar refractivity (Wildman–Crippen MR) is 119 cm³/mol. The average molecular weight is 417 g/mol. The van der Waals surface area contributed by atoms with Crippen molar-refractivity contribution in [3.05, 3.63) is 106 Å². The van der Waals surface area contributed by atoms with Gasteiger partial charge in [0.2, 0.25) is 0 Å². The van der Waals surface area contributed by atoms with Gasteiger partial charge in [-0.05, 0) is 42.3 Å². The molecule has 1 atom stereocenters. The van der Waals surface area contributed by atoms with Crippen molar-refractivity contribution in [1.29, 1.82) is 5.26 Å². The van der Waals surface area contributed by atoms with Crippen molar-refractivity contribution in [1.82, 2.24) is 5.32 Å². The Morgan fingerprint density at radius 2 is 1.73 bits per heavy atom. The summed E-state index contributed by atoms with van der Waals surface area (Å²) in [4.78, 5) is 12.6. The summed E-state index contributed by atoms with van der Waals surface area (Å²) >= 11 is 5.91. The number of halogens is 1. The SMILES string of the molecule is C[C@H](NC(=O)/C(C#N)=C\c1ccccc1OCc1ccc(Cl)cc1)c1ccccc1. The van der Waals surface area contributed by atoms with Crippen molar-refractivity contribution >= 4 is 23.6 Å². The van der Waals surface area contributed by atoms with E-state index in [1.807, 2.05) is 73.7 Å². The lowest BCUT2D eigenvalue weighted by molar-refractivity contribution is -0.117. The van der Waals surface area contributed by atoms with Gasteiger partial charge in [0.15, 0.2) is 0 Å². The molecule has 0 saturated carbocycles. The van der Waals surface area contributed by atoms with Gasteiger partial charge in [-0.15, -0.1) is 0 Å². The van der Waals surface area contributed by atoms with Gasteiger partial charge < -0.3 is 10.1 Å². The molecule has 0 spiro atoms. The maximum atomic E-state index is 12.6. The molecule has 0 heterocycles. The highest BCUT2D eigenvalue weighted by atomic mass is 35.5. The minimum Gasteiger partial charge on any atom is -0.488 e. The molecule has 0 aliphatic carbocycles. The van der Waals surface area contributed by atoms with Crippen LogP contribution in [-0.4, -0.2) is 5.91 Å². The number of carbonyl (C=O) groups excluding carboxylic acids is 1. The number of amides is 1. The molecule has 0 aromatic heterocycles. The molecule has 5 heteroatoms. The van der Waals surface area contributed by atoms with E-state index in [4.69, 9.17) is 16.3 Å². The van der Waals surface area contributed by atoms with Crippen LogP contribution in [0.3, 0.4) is 0 Å². The Bertz CT molecular complexity index is 1070. The predicted octanol–water partition coefficient (Wildman–Crippen LogP) is 5.70. The Kier molecular flexibility index (Phi) is 7.26. The fourth-order valence-electron chi connectivity index (χ4n) is 2.88. The molecule has 0 saturated heterocycles. The summed E-state index contributed by atoms with van der Waals surface area (Å²) in [6.45, 7) is 2.23. The molecule has 30 heavy (non-hydrogen) atoms. The Balaban J connectivity index is 1.74. The number of para-hydroxylation sites is 1. The molecule has 1 amide bonds. The van der Waals surface area contributed by atoms with Crippen molar-refractivity contribution in [2.45, 2.75) is 19.6 Å². The number of hydrogen-bond donors (Lipinski definition) is 1. The fraction of sp³-hybridized carbons (Fsp3) is 0.120. The topological polar surface area (TPSA) is 62.1 Å². The molecule has 0 bridgehead atoms. The molecule has 0 unspecified atom stereocenters. The van der Waals surface area contributed by atoms with Gasteiger partial charge in [-0.25, -0.2) is 0 Å². The molecular weight excluding hydrogens is 396 g/mol. The van der Waals surface area contributed by atoms with Gasteiger partial charge in [0.1, 0.15) is 24.0 Å². The van der Waals surface area contributed by atoms with Crippen LogP contribution in [0.4, 0.5) is 0 Å². The van der Waals surface area contributed by atoms with Crippen LogP contribution < -0.4 is 10.1 Å². The molecule has 0 radical (unpaired) electrons. The Morgan fingerprint density at radius 3 is 2.43 bits per heavy atom. The van der Waals surface area contributed by atoms with Crippen LogP contribution in [0.25, 0.3) is 6.08 Å². The van der Waals surface area contributed by atoms with Crippen LogP contribution in [0, 0.1) is 11.3 Å². The Morgan fingerprint density at radius 1 is 1.07 bits per heavy atom. The van der Waals surface area contributed by atoms with Crippen LogP contribution in [0.1, 0.15) is 29.7 Å². The summed E-state index contributed by atoms with van der Waals surface area (Å²) in [7, 11) is 0. The van der Waals surface area contributed by atoms with Crippen LogP contribution in [0.5, 0.6) is 5.75 Å². The van der Waals surface area contributed by atoms with Gasteiger partial charge in [0.25, 0.3) is 5.91 Å². The maximum absolute atomic E-state index is 12.6. The van der Waals surface area contributed by atoms with Gasteiger partial charge in [-0.2, -0.15) is 5.26 Å². The number of nitrogens with one attached hydrogen (secondary N) is 1. The van der Waals surface area contributed by atoms with Gasteiger partial charge in [-0.1, -0.05) is 72.3 Å². The third kappa shape index (κ3) is 5.73. The minimum atomic E-state index is -0.429. The second-order valence-electron chi connectivity index (χ2n) is 6.73. The van der Waals surface area contributed by atoms with Crippen molar-refractivity contribution in [2.75, 3.05) is 0 Å². The molecule has 1 N–H and O–H groups in total. The summed E-state index contributed by atoms with van der Waals surface area (Å²) in [6, 6.07) is 26.1. The molecule has 0 aliphatic rings. The number of hydrogen-bond acceptors (Lipinski definition) is 3. The van der Waals surface area contributed by atoms with E-state index < -0.39 is 5.91 Å². The van der Waals surface area contributed by atoms with Crippen molar-refractivity contribution in [2.24, 2.45) is 0 Å². The number of benzene rings is 3. The molecule has 3 rings (SSSR count). The first kappa shape index (κ1) is 21.2. The molecule has 3 aromatic carbocycles. The largest absolute Gasteiger partial charge is 0.488 e.